The summed E-state index contributed by atoms with van der Waals surface area (Å²) < 4.78 is 0. The molecule has 1 aliphatic heterocycles. The molecule has 0 N–H and O–H groups in total. The number of nitrogens with zero attached hydrogens (tertiary/aromatic N) is 1. The van der Waals surface area contributed by atoms with Gasteiger partial charge in [0, 0.05) is 12.6 Å². The first-order valence-corrected chi connectivity index (χ1v) is 7.70. The Labute approximate surface area is 111 Å². The van der Waals surface area contributed by atoms with Crippen molar-refractivity contribution in [3.8, 4) is 0 Å². The fraction of sp³-hybridized carbons (Fsp3) is 0.647. The van der Waals surface area contributed by atoms with Gasteiger partial charge in [0.15, 0.2) is 0 Å². The fourth-order valence-corrected chi connectivity index (χ4v) is 3.28. The molecule has 98 valence electrons. The van der Waals surface area contributed by atoms with Crippen LogP contribution in [0.1, 0.15) is 44.1 Å². The third kappa shape index (κ3) is 3.35. The summed E-state index contributed by atoms with van der Waals surface area (Å²) >= 11 is 0. The number of likely N-dealkylation sites (tertiary alicyclic amines) is 1. The third-order valence-corrected chi connectivity index (χ3v) is 4.53. The summed E-state index contributed by atoms with van der Waals surface area (Å²) in [4.78, 5) is 2.78. The highest BCUT2D eigenvalue weighted by Crippen LogP contribution is 2.33. The Bertz CT molecular complexity index is 355. The largest absolute Gasteiger partial charge is 0.300 e. The minimum atomic E-state index is 0.898. The van der Waals surface area contributed by atoms with Gasteiger partial charge in [0.05, 0.1) is 0 Å². The third-order valence-electron chi connectivity index (χ3n) is 4.53. The standard InChI is InChI=1S/C17H25N/c1-2-6-15(7-3-1)8-4-9-17-10-5-13-18(17)14-16-11-12-16/h1-3,6-7,16-17H,4-5,8-14H2. The van der Waals surface area contributed by atoms with E-state index in [1.54, 1.807) is 0 Å². The molecular formula is C17H25N. The summed E-state index contributed by atoms with van der Waals surface area (Å²) in [6.07, 6.45) is 9.89. The van der Waals surface area contributed by atoms with Crippen molar-refractivity contribution >= 4 is 0 Å². The zero-order chi connectivity index (χ0) is 12.2. The lowest BCUT2D eigenvalue weighted by atomic mass is 10.0. The van der Waals surface area contributed by atoms with E-state index in [4.69, 9.17) is 0 Å². The molecule has 0 amide bonds. The van der Waals surface area contributed by atoms with E-state index >= 15 is 0 Å². The molecule has 1 saturated carbocycles. The van der Waals surface area contributed by atoms with Crippen LogP contribution in [0.15, 0.2) is 30.3 Å². The summed E-state index contributed by atoms with van der Waals surface area (Å²) in [5, 5.41) is 0. The smallest absolute Gasteiger partial charge is 0.00959 e. The lowest BCUT2D eigenvalue weighted by Crippen LogP contribution is -2.31. The Hall–Kier alpha value is -0.820. The zero-order valence-corrected chi connectivity index (χ0v) is 11.4. The van der Waals surface area contributed by atoms with Crippen LogP contribution in [-0.2, 0) is 6.42 Å². The predicted octanol–water partition coefficient (Wildman–Crippen LogP) is 3.88. The fourth-order valence-electron chi connectivity index (χ4n) is 3.28. The molecule has 1 aromatic carbocycles. The molecule has 0 spiro atoms. The molecule has 1 atom stereocenters. The Kier molecular flexibility index (Phi) is 3.99. The molecule has 2 fully saturated rings. The van der Waals surface area contributed by atoms with Crippen LogP contribution in [0.4, 0.5) is 0 Å². The minimum Gasteiger partial charge on any atom is -0.300 e. The SMILES string of the molecule is c1ccc(CCCC2CCCN2CC2CC2)cc1. The highest BCUT2D eigenvalue weighted by atomic mass is 15.2. The predicted molar refractivity (Wildman–Crippen MR) is 76.7 cm³/mol. The van der Waals surface area contributed by atoms with Gasteiger partial charge >= 0.3 is 0 Å². The van der Waals surface area contributed by atoms with E-state index in [1.807, 2.05) is 0 Å². The van der Waals surface area contributed by atoms with E-state index in [2.05, 4.69) is 35.2 Å². The van der Waals surface area contributed by atoms with Crippen LogP contribution in [0.2, 0.25) is 0 Å². The Morgan fingerprint density at radius 2 is 1.89 bits per heavy atom. The highest BCUT2D eigenvalue weighted by Gasteiger charge is 2.30. The van der Waals surface area contributed by atoms with Crippen molar-refractivity contribution in [2.75, 3.05) is 13.1 Å². The van der Waals surface area contributed by atoms with Crippen LogP contribution in [0.3, 0.4) is 0 Å². The van der Waals surface area contributed by atoms with Gasteiger partial charge < -0.3 is 4.90 Å². The van der Waals surface area contributed by atoms with Gasteiger partial charge in [0.1, 0.15) is 0 Å². The maximum Gasteiger partial charge on any atom is 0.00959 e. The van der Waals surface area contributed by atoms with E-state index in [0.717, 1.165) is 12.0 Å². The first kappa shape index (κ1) is 12.2. The van der Waals surface area contributed by atoms with Crippen LogP contribution < -0.4 is 0 Å². The summed E-state index contributed by atoms with van der Waals surface area (Å²) in [6.45, 7) is 2.77. The first-order valence-electron chi connectivity index (χ1n) is 7.70. The molecule has 18 heavy (non-hydrogen) atoms. The van der Waals surface area contributed by atoms with E-state index in [1.165, 1.54) is 63.6 Å². The molecule has 1 heteroatoms. The van der Waals surface area contributed by atoms with Crippen molar-refractivity contribution in [2.45, 2.75) is 51.0 Å². The van der Waals surface area contributed by atoms with Crippen molar-refractivity contribution in [3.05, 3.63) is 35.9 Å². The first-order chi connectivity index (χ1) is 8.92. The molecule has 0 radical (unpaired) electrons. The van der Waals surface area contributed by atoms with Gasteiger partial charge in [-0.1, -0.05) is 30.3 Å². The average Bonchev–Trinajstić information content (AvgIpc) is 3.11. The lowest BCUT2D eigenvalue weighted by molar-refractivity contribution is 0.231. The van der Waals surface area contributed by atoms with Crippen molar-refractivity contribution in [3.63, 3.8) is 0 Å². The highest BCUT2D eigenvalue weighted by molar-refractivity contribution is 5.14. The molecule has 0 bridgehead atoms. The van der Waals surface area contributed by atoms with Crippen LogP contribution in [0, 0.1) is 5.92 Å². The van der Waals surface area contributed by atoms with Crippen LogP contribution in [0.5, 0.6) is 0 Å². The van der Waals surface area contributed by atoms with Crippen molar-refractivity contribution in [1.29, 1.82) is 0 Å². The van der Waals surface area contributed by atoms with Gasteiger partial charge in [-0.25, -0.2) is 0 Å². The van der Waals surface area contributed by atoms with Gasteiger partial charge in [-0.2, -0.15) is 0 Å². The lowest BCUT2D eigenvalue weighted by Gasteiger charge is -2.24. The quantitative estimate of drug-likeness (QED) is 0.733. The molecule has 3 rings (SSSR count). The molecule has 1 heterocycles. The molecule has 1 aromatic rings. The van der Waals surface area contributed by atoms with E-state index in [0.29, 0.717) is 0 Å². The van der Waals surface area contributed by atoms with Gasteiger partial charge in [-0.05, 0) is 63.0 Å². The second-order valence-corrected chi connectivity index (χ2v) is 6.11. The van der Waals surface area contributed by atoms with E-state index < -0.39 is 0 Å². The topological polar surface area (TPSA) is 3.24 Å². The molecule has 2 aliphatic rings. The molecule has 1 unspecified atom stereocenters. The van der Waals surface area contributed by atoms with Crippen LogP contribution in [-0.4, -0.2) is 24.0 Å². The number of hydrogen-bond donors (Lipinski definition) is 0. The summed E-state index contributed by atoms with van der Waals surface area (Å²) in [5.74, 6) is 1.06. The minimum absolute atomic E-state index is 0.898. The van der Waals surface area contributed by atoms with Gasteiger partial charge in [-0.15, -0.1) is 0 Å². The van der Waals surface area contributed by atoms with Gasteiger partial charge in [0.2, 0.25) is 0 Å². The van der Waals surface area contributed by atoms with Crippen LogP contribution in [0.25, 0.3) is 0 Å². The van der Waals surface area contributed by atoms with Gasteiger partial charge in [-0.3, -0.25) is 0 Å². The molecule has 0 aromatic heterocycles. The molecule has 1 aliphatic carbocycles. The zero-order valence-electron chi connectivity index (χ0n) is 11.4. The van der Waals surface area contributed by atoms with Gasteiger partial charge in [0.25, 0.3) is 0 Å². The van der Waals surface area contributed by atoms with E-state index in [9.17, 15) is 0 Å². The Balaban J connectivity index is 1.41. The Morgan fingerprint density at radius 3 is 2.67 bits per heavy atom. The number of hydrogen-bond acceptors (Lipinski definition) is 1. The number of rotatable bonds is 6. The molecular weight excluding hydrogens is 218 g/mol. The van der Waals surface area contributed by atoms with E-state index in [-0.39, 0.29) is 0 Å². The van der Waals surface area contributed by atoms with Crippen LogP contribution >= 0.6 is 0 Å². The number of aryl methyl sites for hydroxylation is 1. The summed E-state index contributed by atoms with van der Waals surface area (Å²) in [7, 11) is 0. The maximum atomic E-state index is 2.78. The summed E-state index contributed by atoms with van der Waals surface area (Å²) in [5.41, 5.74) is 1.50. The second kappa shape index (κ2) is 5.88. The maximum absolute atomic E-state index is 2.78. The monoisotopic (exact) mass is 243 g/mol. The average molecular weight is 243 g/mol. The molecule has 1 saturated heterocycles. The van der Waals surface area contributed by atoms with Crippen molar-refractivity contribution in [1.82, 2.24) is 4.90 Å². The molecule has 1 nitrogen and oxygen atoms in total. The summed E-state index contributed by atoms with van der Waals surface area (Å²) in [6, 6.07) is 11.8. The number of benzene rings is 1. The Morgan fingerprint density at radius 1 is 1.06 bits per heavy atom. The van der Waals surface area contributed by atoms with Crippen molar-refractivity contribution in [2.24, 2.45) is 5.92 Å². The van der Waals surface area contributed by atoms with Crippen molar-refractivity contribution < 1.29 is 0 Å². The normalized spacial score (nSPS) is 24.6. The second-order valence-electron chi connectivity index (χ2n) is 6.11.